The SMILES string of the molecule is O=C(N[C@H](CO)CCN1CCC[C@@](F)(CCc2ccc3c(n2)NCCC3)C1)c1cccc(F)c1Cl. The van der Waals surface area contributed by atoms with Crippen molar-refractivity contribution in [2.24, 2.45) is 0 Å². The van der Waals surface area contributed by atoms with Crippen molar-refractivity contribution in [2.45, 2.75) is 56.7 Å². The van der Waals surface area contributed by atoms with Gasteiger partial charge in [-0.25, -0.2) is 13.8 Å². The summed E-state index contributed by atoms with van der Waals surface area (Å²) in [5.41, 5.74) is 0.864. The van der Waals surface area contributed by atoms with Crippen molar-refractivity contribution in [3.8, 4) is 0 Å². The average Bonchev–Trinajstić information content (AvgIpc) is 2.87. The summed E-state index contributed by atoms with van der Waals surface area (Å²) in [4.78, 5) is 19.2. The highest BCUT2D eigenvalue weighted by molar-refractivity contribution is 6.34. The van der Waals surface area contributed by atoms with E-state index in [1.807, 2.05) is 6.07 Å². The zero-order valence-electron chi connectivity index (χ0n) is 19.8. The van der Waals surface area contributed by atoms with E-state index in [1.54, 1.807) is 0 Å². The molecule has 1 saturated heterocycles. The molecule has 4 rings (SSSR count). The van der Waals surface area contributed by atoms with Gasteiger partial charge in [0.2, 0.25) is 0 Å². The van der Waals surface area contributed by atoms with Crippen molar-refractivity contribution in [3.63, 3.8) is 0 Å². The maximum Gasteiger partial charge on any atom is 0.253 e. The molecule has 0 aliphatic carbocycles. The number of fused-ring (bicyclic) bond motifs is 1. The topological polar surface area (TPSA) is 77.5 Å². The summed E-state index contributed by atoms with van der Waals surface area (Å²) in [6, 6.07) is 7.60. The molecule has 0 spiro atoms. The van der Waals surface area contributed by atoms with Gasteiger partial charge in [-0.15, -0.1) is 0 Å². The minimum absolute atomic E-state index is 0.0249. The van der Waals surface area contributed by atoms with Crippen molar-refractivity contribution < 1.29 is 18.7 Å². The largest absolute Gasteiger partial charge is 0.394 e. The van der Waals surface area contributed by atoms with Crippen molar-refractivity contribution in [1.82, 2.24) is 15.2 Å². The van der Waals surface area contributed by atoms with E-state index in [2.05, 4.69) is 21.6 Å². The number of carbonyl (C=O) groups excluding carboxylic acids is 1. The van der Waals surface area contributed by atoms with Crippen LogP contribution in [0.15, 0.2) is 30.3 Å². The van der Waals surface area contributed by atoms with Crippen LogP contribution >= 0.6 is 11.6 Å². The van der Waals surface area contributed by atoms with Gasteiger partial charge in [-0.1, -0.05) is 23.7 Å². The number of likely N-dealkylation sites (tertiary alicyclic amines) is 1. The van der Waals surface area contributed by atoms with Gasteiger partial charge in [-0.05, 0) is 75.3 Å². The third-order valence-electron chi connectivity index (χ3n) is 6.93. The van der Waals surface area contributed by atoms with Crippen molar-refractivity contribution in [3.05, 3.63) is 58.0 Å². The summed E-state index contributed by atoms with van der Waals surface area (Å²) in [5.74, 6) is -0.281. The molecule has 6 nitrogen and oxygen atoms in total. The Morgan fingerprint density at radius 1 is 1.31 bits per heavy atom. The number of halogens is 3. The Hall–Kier alpha value is -2.29. The molecular weight excluding hydrogens is 474 g/mol. The molecule has 0 unspecified atom stereocenters. The molecule has 1 fully saturated rings. The summed E-state index contributed by atoms with van der Waals surface area (Å²) in [6.07, 6.45) is 4.86. The third-order valence-corrected chi connectivity index (χ3v) is 7.32. The first-order valence-corrected chi connectivity index (χ1v) is 12.7. The first kappa shape index (κ1) is 25.8. The van der Waals surface area contributed by atoms with Crippen LogP contribution in [0.2, 0.25) is 5.02 Å². The van der Waals surface area contributed by atoms with E-state index in [9.17, 15) is 14.3 Å². The molecule has 3 heterocycles. The Bertz CT molecular complexity index is 1040. The minimum Gasteiger partial charge on any atom is -0.394 e. The van der Waals surface area contributed by atoms with E-state index >= 15 is 4.39 Å². The number of benzene rings is 1. The number of pyridine rings is 1. The van der Waals surface area contributed by atoms with E-state index in [-0.39, 0.29) is 17.2 Å². The van der Waals surface area contributed by atoms with Gasteiger partial charge in [0.1, 0.15) is 17.3 Å². The fraction of sp³-hybridized carbons (Fsp3) is 0.538. The van der Waals surface area contributed by atoms with E-state index in [1.165, 1.54) is 23.8 Å². The minimum atomic E-state index is -1.30. The summed E-state index contributed by atoms with van der Waals surface area (Å²) in [7, 11) is 0. The number of nitrogens with one attached hydrogen (secondary N) is 2. The van der Waals surface area contributed by atoms with Gasteiger partial charge in [0.25, 0.3) is 5.91 Å². The van der Waals surface area contributed by atoms with Crippen LogP contribution in [-0.4, -0.2) is 65.4 Å². The molecule has 2 aromatic rings. The van der Waals surface area contributed by atoms with Gasteiger partial charge in [0, 0.05) is 25.3 Å². The summed E-state index contributed by atoms with van der Waals surface area (Å²) >= 11 is 5.90. The van der Waals surface area contributed by atoms with Gasteiger partial charge < -0.3 is 20.6 Å². The highest BCUT2D eigenvalue weighted by atomic mass is 35.5. The second-order valence-corrected chi connectivity index (χ2v) is 9.99. The number of aliphatic hydroxyl groups is 1. The van der Waals surface area contributed by atoms with Gasteiger partial charge in [0.05, 0.1) is 23.2 Å². The fourth-order valence-electron chi connectivity index (χ4n) is 4.92. The number of aryl methyl sites for hydroxylation is 2. The number of anilines is 1. The normalized spacial score (nSPS) is 21.1. The quantitative estimate of drug-likeness (QED) is 0.476. The molecule has 3 N–H and O–H groups in total. The second-order valence-electron chi connectivity index (χ2n) is 9.61. The molecular formula is C26H33ClF2N4O2. The van der Waals surface area contributed by atoms with E-state index in [0.717, 1.165) is 43.9 Å². The lowest BCUT2D eigenvalue weighted by molar-refractivity contribution is 0.0351. The van der Waals surface area contributed by atoms with E-state index < -0.39 is 23.4 Å². The molecule has 2 atom stereocenters. The first-order valence-electron chi connectivity index (χ1n) is 12.4. The van der Waals surface area contributed by atoms with Crippen molar-refractivity contribution >= 4 is 23.3 Å². The predicted molar refractivity (Wildman–Crippen MR) is 133 cm³/mol. The maximum atomic E-state index is 15.7. The molecule has 0 bridgehead atoms. The number of amides is 1. The van der Waals surface area contributed by atoms with Crippen molar-refractivity contribution in [1.29, 1.82) is 0 Å². The smallest absolute Gasteiger partial charge is 0.253 e. The van der Waals surface area contributed by atoms with Crippen LogP contribution in [0.1, 0.15) is 53.7 Å². The lowest BCUT2D eigenvalue weighted by atomic mass is 9.89. The summed E-state index contributed by atoms with van der Waals surface area (Å²) in [5, 5.41) is 15.5. The third kappa shape index (κ3) is 6.68. The molecule has 0 radical (unpaired) electrons. The van der Waals surface area contributed by atoms with Crippen LogP contribution in [0.25, 0.3) is 0 Å². The van der Waals surface area contributed by atoms with Crippen LogP contribution in [0, 0.1) is 5.82 Å². The Labute approximate surface area is 210 Å². The van der Waals surface area contributed by atoms with Gasteiger partial charge in [-0.3, -0.25) is 4.79 Å². The van der Waals surface area contributed by atoms with Crippen LogP contribution in [0.4, 0.5) is 14.6 Å². The van der Waals surface area contributed by atoms with E-state index in [4.69, 9.17) is 16.6 Å². The highest BCUT2D eigenvalue weighted by Gasteiger charge is 2.35. The molecule has 2 aliphatic heterocycles. The molecule has 1 aromatic carbocycles. The number of alkyl halides is 1. The predicted octanol–water partition coefficient (Wildman–Crippen LogP) is 4.15. The molecule has 1 amide bonds. The fourth-order valence-corrected chi connectivity index (χ4v) is 5.14. The van der Waals surface area contributed by atoms with Gasteiger partial charge in [0.15, 0.2) is 0 Å². The molecule has 190 valence electrons. The zero-order chi connectivity index (χ0) is 24.8. The molecule has 0 saturated carbocycles. The standard InChI is InChI=1S/C26H33ClF2N4O2/c27-23-21(5-1-6-22(23)28)25(35)32-20(16-34)10-15-33-14-3-11-26(29,17-33)12-9-19-8-7-18-4-2-13-30-24(18)31-19/h1,5-8,20,34H,2-4,9-17H2,(H,30,31)(H,32,35)/t20-,26+/m0/s1. The van der Waals surface area contributed by atoms with Crippen molar-refractivity contribution in [2.75, 3.05) is 38.1 Å². The molecule has 2 aliphatic rings. The Morgan fingerprint density at radius 3 is 3.00 bits per heavy atom. The maximum absolute atomic E-state index is 15.7. The number of piperidine rings is 1. The van der Waals surface area contributed by atoms with Crippen LogP contribution in [0.5, 0.6) is 0 Å². The number of hydrogen-bond donors (Lipinski definition) is 3. The Morgan fingerprint density at radius 2 is 2.17 bits per heavy atom. The number of aliphatic hydroxyl groups excluding tert-OH is 1. The number of nitrogens with zero attached hydrogens (tertiary/aromatic N) is 2. The Kier molecular flexibility index (Phi) is 8.57. The van der Waals surface area contributed by atoms with Crippen LogP contribution in [0.3, 0.4) is 0 Å². The first-order chi connectivity index (χ1) is 16.9. The lowest BCUT2D eigenvalue weighted by Gasteiger charge is -2.38. The number of hydrogen-bond acceptors (Lipinski definition) is 5. The Balaban J connectivity index is 1.28. The van der Waals surface area contributed by atoms with E-state index in [0.29, 0.717) is 38.8 Å². The van der Waals surface area contributed by atoms with Crippen LogP contribution < -0.4 is 10.6 Å². The highest BCUT2D eigenvalue weighted by Crippen LogP contribution is 2.31. The number of carbonyl (C=O) groups is 1. The monoisotopic (exact) mass is 506 g/mol. The van der Waals surface area contributed by atoms with Gasteiger partial charge in [-0.2, -0.15) is 0 Å². The molecule has 9 heteroatoms. The van der Waals surface area contributed by atoms with Crippen LogP contribution in [-0.2, 0) is 12.8 Å². The molecule has 35 heavy (non-hydrogen) atoms. The summed E-state index contributed by atoms with van der Waals surface area (Å²) in [6.45, 7) is 2.28. The average molecular weight is 507 g/mol. The van der Waals surface area contributed by atoms with Gasteiger partial charge >= 0.3 is 0 Å². The second kappa shape index (κ2) is 11.6. The number of rotatable bonds is 9. The lowest BCUT2D eigenvalue weighted by Crippen LogP contribution is -2.47. The zero-order valence-corrected chi connectivity index (χ0v) is 20.6. The summed E-state index contributed by atoms with van der Waals surface area (Å²) < 4.78 is 29.4. The molecule has 1 aromatic heterocycles. The number of aromatic nitrogens is 1.